The number of anilines is 1. The van der Waals surface area contributed by atoms with Gasteiger partial charge in [0, 0.05) is 24.7 Å². The van der Waals surface area contributed by atoms with Crippen LogP contribution in [0.3, 0.4) is 0 Å². The van der Waals surface area contributed by atoms with Gasteiger partial charge >= 0.3 is 5.97 Å². The average molecular weight is 262 g/mol. The zero-order valence-electron chi connectivity index (χ0n) is 10.7. The van der Waals surface area contributed by atoms with Crippen LogP contribution in [0.4, 0.5) is 5.69 Å². The first-order valence-electron chi connectivity index (χ1n) is 6.47. The van der Waals surface area contributed by atoms with E-state index in [1.54, 1.807) is 24.3 Å². The van der Waals surface area contributed by atoms with Crippen LogP contribution in [-0.2, 0) is 9.59 Å². The lowest BCUT2D eigenvalue weighted by Gasteiger charge is -2.21. The van der Waals surface area contributed by atoms with Crippen molar-refractivity contribution >= 4 is 17.6 Å². The third-order valence-corrected chi connectivity index (χ3v) is 3.01. The Bertz CT molecular complexity index is 443. The van der Waals surface area contributed by atoms with Crippen LogP contribution >= 0.6 is 0 Å². The van der Waals surface area contributed by atoms with E-state index in [2.05, 4.69) is 5.32 Å². The Morgan fingerprint density at radius 1 is 1.26 bits per heavy atom. The molecule has 1 aliphatic carbocycles. The predicted octanol–water partition coefficient (Wildman–Crippen LogP) is 1.25. The Labute approximate surface area is 112 Å². The molecule has 0 saturated heterocycles. The molecule has 0 heterocycles. The van der Waals surface area contributed by atoms with Crippen molar-refractivity contribution in [3.05, 3.63) is 30.3 Å². The number of para-hydroxylation sites is 1. The van der Waals surface area contributed by atoms with Crippen LogP contribution in [0.2, 0.25) is 0 Å². The molecule has 0 unspecified atom stereocenters. The van der Waals surface area contributed by atoms with Crippen LogP contribution in [0.25, 0.3) is 0 Å². The average Bonchev–Trinajstić information content (AvgIpc) is 3.21. The second kappa shape index (κ2) is 6.33. The first-order chi connectivity index (χ1) is 9.16. The number of carboxylic acids is 1. The van der Waals surface area contributed by atoms with Crippen LogP contribution in [0.5, 0.6) is 0 Å². The van der Waals surface area contributed by atoms with Crippen molar-refractivity contribution in [3.8, 4) is 0 Å². The zero-order chi connectivity index (χ0) is 13.7. The third-order valence-electron chi connectivity index (χ3n) is 3.01. The third kappa shape index (κ3) is 4.37. The molecule has 0 aliphatic heterocycles. The van der Waals surface area contributed by atoms with Crippen molar-refractivity contribution in [3.63, 3.8) is 0 Å². The van der Waals surface area contributed by atoms with Crippen molar-refractivity contribution in [2.75, 3.05) is 18.0 Å². The Morgan fingerprint density at radius 2 is 1.95 bits per heavy atom. The molecule has 1 fully saturated rings. The summed E-state index contributed by atoms with van der Waals surface area (Å²) in [6.07, 6.45) is 2.66. The maximum absolute atomic E-state index is 12.1. The summed E-state index contributed by atoms with van der Waals surface area (Å²) < 4.78 is 0. The van der Waals surface area contributed by atoms with Crippen molar-refractivity contribution < 1.29 is 14.7 Å². The number of nitrogens with zero attached hydrogens (tertiary/aromatic N) is 1. The monoisotopic (exact) mass is 262 g/mol. The summed E-state index contributed by atoms with van der Waals surface area (Å²) in [6.45, 7) is 0.304. The van der Waals surface area contributed by atoms with Gasteiger partial charge in [-0.3, -0.25) is 9.59 Å². The van der Waals surface area contributed by atoms with Crippen molar-refractivity contribution in [2.45, 2.75) is 25.3 Å². The van der Waals surface area contributed by atoms with Crippen molar-refractivity contribution in [1.29, 1.82) is 0 Å². The van der Waals surface area contributed by atoms with E-state index in [0.29, 0.717) is 24.7 Å². The van der Waals surface area contributed by atoms with Crippen LogP contribution in [-0.4, -0.2) is 36.1 Å². The van der Waals surface area contributed by atoms with Gasteiger partial charge in [-0.25, -0.2) is 0 Å². The van der Waals surface area contributed by atoms with Gasteiger partial charge in [0.05, 0.1) is 0 Å². The molecule has 1 saturated carbocycles. The minimum absolute atomic E-state index is 0.165. The highest BCUT2D eigenvalue weighted by molar-refractivity contribution is 5.97. The molecular formula is C14H18N2O3. The van der Waals surface area contributed by atoms with E-state index in [4.69, 9.17) is 5.11 Å². The second-order valence-corrected chi connectivity index (χ2v) is 4.69. The first-order valence-corrected chi connectivity index (χ1v) is 6.47. The molecule has 5 nitrogen and oxygen atoms in total. The highest BCUT2D eigenvalue weighted by Gasteiger charge is 2.22. The number of amides is 1. The SMILES string of the molecule is O=C(O)CN(C(=O)CCNC1CC1)c1ccccc1. The molecule has 0 bridgehead atoms. The second-order valence-electron chi connectivity index (χ2n) is 4.69. The molecule has 1 aromatic rings. The number of carboxylic acid groups (broad SMARTS) is 1. The Balaban J connectivity index is 1.95. The molecule has 19 heavy (non-hydrogen) atoms. The molecule has 0 spiro atoms. The number of benzene rings is 1. The van der Waals surface area contributed by atoms with Gasteiger partial charge in [-0.15, -0.1) is 0 Å². The quantitative estimate of drug-likeness (QED) is 0.776. The smallest absolute Gasteiger partial charge is 0.323 e. The van der Waals surface area contributed by atoms with Crippen molar-refractivity contribution in [2.24, 2.45) is 0 Å². The van der Waals surface area contributed by atoms with E-state index in [9.17, 15) is 9.59 Å². The van der Waals surface area contributed by atoms with Gasteiger partial charge in [0.15, 0.2) is 0 Å². The van der Waals surface area contributed by atoms with Gasteiger partial charge in [-0.1, -0.05) is 18.2 Å². The zero-order valence-corrected chi connectivity index (χ0v) is 10.7. The van der Waals surface area contributed by atoms with E-state index in [1.807, 2.05) is 6.07 Å². The number of nitrogens with one attached hydrogen (secondary N) is 1. The first kappa shape index (κ1) is 13.5. The molecule has 1 amide bonds. The topological polar surface area (TPSA) is 69.6 Å². The summed E-state index contributed by atoms with van der Waals surface area (Å²) in [5.41, 5.74) is 0.626. The van der Waals surface area contributed by atoms with E-state index < -0.39 is 5.97 Å². The van der Waals surface area contributed by atoms with Crippen LogP contribution < -0.4 is 10.2 Å². The number of aliphatic carboxylic acids is 1. The fraction of sp³-hybridized carbons (Fsp3) is 0.429. The summed E-state index contributed by atoms with van der Waals surface area (Å²) >= 11 is 0. The summed E-state index contributed by atoms with van der Waals surface area (Å²) in [7, 11) is 0. The fourth-order valence-electron chi connectivity index (χ4n) is 1.87. The van der Waals surface area contributed by atoms with Gasteiger partial charge in [0.1, 0.15) is 6.54 Å². The number of carbonyl (C=O) groups excluding carboxylic acids is 1. The number of hydrogen-bond donors (Lipinski definition) is 2. The summed E-state index contributed by atoms with van der Waals surface area (Å²) in [6, 6.07) is 9.46. The van der Waals surface area contributed by atoms with E-state index in [1.165, 1.54) is 17.7 Å². The normalized spacial score (nSPS) is 14.1. The Hall–Kier alpha value is -1.88. The highest BCUT2D eigenvalue weighted by Crippen LogP contribution is 2.18. The molecule has 0 atom stereocenters. The Kier molecular flexibility index (Phi) is 4.52. The lowest BCUT2D eigenvalue weighted by atomic mass is 10.2. The molecule has 102 valence electrons. The number of hydrogen-bond acceptors (Lipinski definition) is 3. The van der Waals surface area contributed by atoms with Crippen LogP contribution in [0.15, 0.2) is 30.3 Å². The highest BCUT2D eigenvalue weighted by atomic mass is 16.4. The lowest BCUT2D eigenvalue weighted by Crippen LogP contribution is -2.37. The summed E-state index contributed by atoms with van der Waals surface area (Å²) in [5.74, 6) is -1.17. The van der Waals surface area contributed by atoms with E-state index >= 15 is 0 Å². The van der Waals surface area contributed by atoms with Gasteiger partial charge in [0.25, 0.3) is 0 Å². The molecule has 1 aliphatic rings. The molecule has 1 aromatic carbocycles. The van der Waals surface area contributed by atoms with Crippen LogP contribution in [0.1, 0.15) is 19.3 Å². The number of rotatable bonds is 7. The minimum Gasteiger partial charge on any atom is -0.480 e. The summed E-state index contributed by atoms with van der Waals surface area (Å²) in [4.78, 5) is 24.3. The summed E-state index contributed by atoms with van der Waals surface area (Å²) in [5, 5.41) is 12.2. The van der Waals surface area contributed by atoms with Gasteiger partial charge in [-0.2, -0.15) is 0 Å². The van der Waals surface area contributed by atoms with Crippen LogP contribution in [0, 0.1) is 0 Å². The largest absolute Gasteiger partial charge is 0.480 e. The maximum atomic E-state index is 12.1. The van der Waals surface area contributed by atoms with Crippen molar-refractivity contribution in [1.82, 2.24) is 5.32 Å². The van der Waals surface area contributed by atoms with Gasteiger partial charge < -0.3 is 15.3 Å². The minimum atomic E-state index is -1.01. The molecule has 0 aromatic heterocycles. The predicted molar refractivity (Wildman–Crippen MR) is 72.1 cm³/mol. The molecule has 2 N–H and O–H groups in total. The Morgan fingerprint density at radius 3 is 2.53 bits per heavy atom. The van der Waals surface area contributed by atoms with E-state index in [0.717, 1.165) is 0 Å². The maximum Gasteiger partial charge on any atom is 0.323 e. The fourth-order valence-corrected chi connectivity index (χ4v) is 1.87. The standard InChI is InChI=1S/C14H18N2O3/c17-13(8-9-15-11-6-7-11)16(10-14(18)19)12-4-2-1-3-5-12/h1-5,11,15H,6-10H2,(H,18,19). The lowest BCUT2D eigenvalue weighted by molar-refractivity contribution is -0.136. The number of carbonyl (C=O) groups is 2. The molecule has 2 rings (SSSR count). The van der Waals surface area contributed by atoms with E-state index in [-0.39, 0.29) is 12.5 Å². The molecule has 5 heteroatoms. The molecular weight excluding hydrogens is 244 g/mol. The van der Waals surface area contributed by atoms with Gasteiger partial charge in [-0.05, 0) is 25.0 Å². The molecule has 0 radical (unpaired) electrons. The van der Waals surface area contributed by atoms with Gasteiger partial charge in [0.2, 0.25) is 5.91 Å².